The number of imidazole rings is 1. The van der Waals surface area contributed by atoms with Gasteiger partial charge < -0.3 is 14.8 Å². The van der Waals surface area contributed by atoms with Crippen LogP contribution in [0.3, 0.4) is 0 Å². The van der Waals surface area contributed by atoms with Crippen molar-refractivity contribution in [2.75, 3.05) is 7.11 Å². The molecule has 4 rings (SSSR count). The van der Waals surface area contributed by atoms with Crippen molar-refractivity contribution < 1.29 is 9.84 Å². The van der Waals surface area contributed by atoms with E-state index in [9.17, 15) is 5.11 Å². The summed E-state index contributed by atoms with van der Waals surface area (Å²) in [5.74, 6) is 1.27. The van der Waals surface area contributed by atoms with E-state index in [1.54, 1.807) is 18.2 Å². The minimum absolute atomic E-state index is 0.110. The molecule has 0 spiro atoms. The number of nitrogens with one attached hydrogen (secondary N) is 1. The van der Waals surface area contributed by atoms with Crippen molar-refractivity contribution in [2.24, 2.45) is 0 Å². The second-order valence-corrected chi connectivity index (χ2v) is 5.48. The molecule has 1 radical (unpaired) electrons. The molecule has 0 saturated carbocycles. The molecule has 0 amide bonds. The molecule has 0 atom stereocenters. The number of aromatic amines is 1. The molecule has 2 N–H and O–H groups in total. The van der Waals surface area contributed by atoms with E-state index in [1.807, 2.05) is 42.5 Å². The van der Waals surface area contributed by atoms with E-state index in [2.05, 4.69) is 16.0 Å². The van der Waals surface area contributed by atoms with E-state index in [0.29, 0.717) is 5.75 Å². The molecule has 0 fully saturated rings. The quantitative estimate of drug-likeness (QED) is 0.588. The number of aromatic nitrogens is 2. The van der Waals surface area contributed by atoms with Crippen LogP contribution in [0.1, 0.15) is 0 Å². The summed E-state index contributed by atoms with van der Waals surface area (Å²) in [4.78, 5) is 7.97. The molecule has 0 aliphatic heterocycles. The van der Waals surface area contributed by atoms with E-state index < -0.39 is 0 Å². The number of phenolic OH excluding ortho intramolecular Hbond substituents is 1. The number of hydrogen-bond donors (Lipinski definition) is 2. The first-order valence-electron chi connectivity index (χ1n) is 7.59. The van der Waals surface area contributed by atoms with Gasteiger partial charge >= 0.3 is 0 Å². The molecule has 1 aromatic heterocycles. The Labute approximate surface area is 139 Å². The Balaban J connectivity index is 1.79. The first-order chi connectivity index (χ1) is 11.7. The van der Waals surface area contributed by atoms with Gasteiger partial charge in [-0.15, -0.1) is 0 Å². The Morgan fingerprint density at radius 1 is 1.04 bits per heavy atom. The predicted octanol–water partition coefficient (Wildman–Crippen LogP) is 4.41. The summed E-state index contributed by atoms with van der Waals surface area (Å²) in [6, 6.07) is 22.4. The lowest BCUT2D eigenvalue weighted by atomic mass is 10.1. The lowest BCUT2D eigenvalue weighted by molar-refractivity contribution is 0.373. The van der Waals surface area contributed by atoms with E-state index in [4.69, 9.17) is 4.74 Å². The zero-order chi connectivity index (χ0) is 16.5. The van der Waals surface area contributed by atoms with Crippen molar-refractivity contribution >= 4 is 11.0 Å². The highest BCUT2D eigenvalue weighted by Crippen LogP contribution is 2.31. The Kier molecular flexibility index (Phi) is 3.43. The topological polar surface area (TPSA) is 58.1 Å². The smallest absolute Gasteiger partial charge is 0.161 e. The first kappa shape index (κ1) is 14.3. The third kappa shape index (κ3) is 2.48. The van der Waals surface area contributed by atoms with Gasteiger partial charge in [-0.25, -0.2) is 4.98 Å². The SMILES string of the molecule is COc1cc(-c2nc3cc(-c4[c]cccc4)ccc3[nH]2)ccc1O. The summed E-state index contributed by atoms with van der Waals surface area (Å²) >= 11 is 0. The standard InChI is InChI=1S/C20H15N2O2/c1-24-19-12-15(8-10-18(19)23)20-21-16-9-7-14(11-17(16)22-20)13-5-3-2-4-6-13/h2-5,7-12,23H,1H3,(H,21,22). The minimum atomic E-state index is 0.110. The minimum Gasteiger partial charge on any atom is -0.504 e. The Morgan fingerprint density at radius 3 is 2.71 bits per heavy atom. The molecule has 0 bridgehead atoms. The van der Waals surface area contributed by atoms with Gasteiger partial charge in [-0.1, -0.05) is 30.3 Å². The van der Waals surface area contributed by atoms with Gasteiger partial charge in [0.15, 0.2) is 11.5 Å². The van der Waals surface area contributed by atoms with E-state index in [-0.39, 0.29) is 5.75 Å². The summed E-state index contributed by atoms with van der Waals surface area (Å²) in [6.07, 6.45) is 0. The maximum atomic E-state index is 9.73. The van der Waals surface area contributed by atoms with Crippen LogP contribution in [-0.4, -0.2) is 22.2 Å². The molecular weight excluding hydrogens is 300 g/mol. The average molecular weight is 315 g/mol. The number of nitrogens with zero attached hydrogens (tertiary/aromatic N) is 1. The van der Waals surface area contributed by atoms with Crippen LogP contribution in [0.25, 0.3) is 33.5 Å². The number of rotatable bonds is 3. The van der Waals surface area contributed by atoms with Gasteiger partial charge in [-0.2, -0.15) is 0 Å². The zero-order valence-electron chi connectivity index (χ0n) is 13.1. The average Bonchev–Trinajstić information content (AvgIpc) is 3.06. The highest BCUT2D eigenvalue weighted by molar-refractivity contribution is 5.84. The summed E-state index contributed by atoms with van der Waals surface area (Å²) in [7, 11) is 1.53. The van der Waals surface area contributed by atoms with Crippen LogP contribution in [0.2, 0.25) is 0 Å². The van der Waals surface area contributed by atoms with E-state index in [0.717, 1.165) is 33.5 Å². The third-order valence-electron chi connectivity index (χ3n) is 3.96. The van der Waals surface area contributed by atoms with Crippen LogP contribution in [0.4, 0.5) is 0 Å². The van der Waals surface area contributed by atoms with Crippen molar-refractivity contribution in [2.45, 2.75) is 0 Å². The van der Waals surface area contributed by atoms with Crippen LogP contribution in [0, 0.1) is 6.07 Å². The van der Waals surface area contributed by atoms with Crippen molar-refractivity contribution in [1.82, 2.24) is 9.97 Å². The number of phenols is 1. The largest absolute Gasteiger partial charge is 0.504 e. The number of methoxy groups -OCH3 is 1. The van der Waals surface area contributed by atoms with Crippen LogP contribution in [0.15, 0.2) is 60.7 Å². The Morgan fingerprint density at radius 2 is 1.92 bits per heavy atom. The summed E-state index contributed by atoms with van der Waals surface area (Å²) < 4.78 is 5.16. The molecule has 4 nitrogen and oxygen atoms in total. The molecule has 3 aromatic carbocycles. The lowest BCUT2D eigenvalue weighted by Crippen LogP contribution is -1.86. The number of benzene rings is 3. The van der Waals surface area contributed by atoms with Crippen molar-refractivity contribution in [3.05, 3.63) is 66.7 Å². The van der Waals surface area contributed by atoms with Crippen LogP contribution in [-0.2, 0) is 0 Å². The summed E-state index contributed by atoms with van der Waals surface area (Å²) in [6.45, 7) is 0. The van der Waals surface area contributed by atoms with Gasteiger partial charge in [0, 0.05) is 5.56 Å². The van der Waals surface area contributed by atoms with Gasteiger partial charge in [0.05, 0.1) is 18.1 Å². The van der Waals surface area contributed by atoms with Crippen LogP contribution < -0.4 is 4.74 Å². The van der Waals surface area contributed by atoms with Gasteiger partial charge in [-0.3, -0.25) is 0 Å². The van der Waals surface area contributed by atoms with Gasteiger partial charge in [-0.05, 0) is 47.5 Å². The van der Waals surface area contributed by atoms with Crippen molar-refractivity contribution in [3.63, 3.8) is 0 Å². The fraction of sp³-hybridized carbons (Fsp3) is 0.0500. The molecule has 117 valence electrons. The van der Waals surface area contributed by atoms with Crippen LogP contribution in [0.5, 0.6) is 11.5 Å². The maximum absolute atomic E-state index is 9.73. The van der Waals surface area contributed by atoms with Crippen molar-refractivity contribution in [3.8, 4) is 34.0 Å². The zero-order valence-corrected chi connectivity index (χ0v) is 13.1. The van der Waals surface area contributed by atoms with Gasteiger partial charge in [0.2, 0.25) is 0 Å². The van der Waals surface area contributed by atoms with E-state index in [1.165, 1.54) is 7.11 Å². The fourth-order valence-corrected chi connectivity index (χ4v) is 2.71. The molecule has 0 saturated heterocycles. The molecule has 0 aliphatic carbocycles. The number of aromatic hydroxyl groups is 1. The normalized spacial score (nSPS) is 10.9. The second kappa shape index (κ2) is 5.74. The number of fused-ring (bicyclic) bond motifs is 1. The number of hydrogen-bond acceptors (Lipinski definition) is 3. The highest BCUT2D eigenvalue weighted by atomic mass is 16.5. The molecular formula is C20H15N2O2. The molecule has 0 unspecified atom stereocenters. The maximum Gasteiger partial charge on any atom is 0.161 e. The first-order valence-corrected chi connectivity index (χ1v) is 7.59. The van der Waals surface area contributed by atoms with Gasteiger partial charge in [0.1, 0.15) is 5.82 Å². The molecule has 0 aliphatic rings. The molecule has 4 aromatic rings. The Bertz CT molecular complexity index is 1010. The predicted molar refractivity (Wildman–Crippen MR) is 94.0 cm³/mol. The monoisotopic (exact) mass is 315 g/mol. The molecule has 1 heterocycles. The number of H-pyrrole nitrogens is 1. The van der Waals surface area contributed by atoms with Gasteiger partial charge in [0.25, 0.3) is 0 Å². The molecule has 24 heavy (non-hydrogen) atoms. The summed E-state index contributed by atoms with van der Waals surface area (Å²) in [5.41, 5.74) is 4.80. The lowest BCUT2D eigenvalue weighted by Gasteiger charge is -2.04. The fourth-order valence-electron chi connectivity index (χ4n) is 2.71. The number of ether oxygens (including phenoxy) is 1. The Hall–Kier alpha value is -3.27. The second-order valence-electron chi connectivity index (χ2n) is 5.48. The van der Waals surface area contributed by atoms with Crippen LogP contribution >= 0.6 is 0 Å². The van der Waals surface area contributed by atoms with E-state index >= 15 is 0 Å². The summed E-state index contributed by atoms with van der Waals surface area (Å²) in [5, 5.41) is 9.73. The van der Waals surface area contributed by atoms with Crippen molar-refractivity contribution in [1.29, 1.82) is 0 Å². The third-order valence-corrected chi connectivity index (χ3v) is 3.96. The highest BCUT2D eigenvalue weighted by Gasteiger charge is 2.10. The molecule has 4 heteroatoms.